The lowest BCUT2D eigenvalue weighted by Crippen LogP contribution is -2.44. The van der Waals surface area contributed by atoms with Gasteiger partial charge in [0, 0.05) is 5.41 Å². The monoisotopic (exact) mass is 614 g/mol. The van der Waals surface area contributed by atoms with Crippen molar-refractivity contribution >= 4 is 10.4 Å². The summed E-state index contributed by atoms with van der Waals surface area (Å²) in [6, 6.07) is 4.33. The van der Waals surface area contributed by atoms with Gasteiger partial charge >= 0.3 is 10.4 Å². The molecular formula is C36H54O6S. The summed E-state index contributed by atoms with van der Waals surface area (Å²) in [7, 11) is -4.66. The molecule has 7 heteroatoms. The van der Waals surface area contributed by atoms with Crippen LogP contribution in [0.3, 0.4) is 0 Å². The van der Waals surface area contributed by atoms with E-state index in [0.29, 0.717) is 23.8 Å². The van der Waals surface area contributed by atoms with Crippen LogP contribution in [0, 0.1) is 28.1 Å². The zero-order valence-electron chi connectivity index (χ0n) is 27.2. The van der Waals surface area contributed by atoms with Gasteiger partial charge < -0.3 is 14.4 Å². The van der Waals surface area contributed by atoms with Crippen LogP contribution in [0.2, 0.25) is 0 Å². The number of allylic oxidation sites excluding steroid dienone is 5. The van der Waals surface area contributed by atoms with Gasteiger partial charge in [-0.3, -0.25) is 4.55 Å². The van der Waals surface area contributed by atoms with E-state index < -0.39 is 10.4 Å². The van der Waals surface area contributed by atoms with Crippen molar-refractivity contribution in [3.8, 4) is 11.5 Å². The summed E-state index contributed by atoms with van der Waals surface area (Å²) in [5, 5.41) is 22.0. The molecule has 43 heavy (non-hydrogen) atoms. The first kappa shape index (κ1) is 33.8. The highest BCUT2D eigenvalue weighted by atomic mass is 32.3. The van der Waals surface area contributed by atoms with E-state index in [1.807, 2.05) is 0 Å². The molecule has 0 unspecified atom stereocenters. The van der Waals surface area contributed by atoms with E-state index in [9.17, 15) is 23.2 Å². The number of rotatable bonds is 10. The molecule has 0 amide bonds. The van der Waals surface area contributed by atoms with Gasteiger partial charge in [-0.15, -0.1) is 0 Å². The van der Waals surface area contributed by atoms with Crippen LogP contribution < -0.4 is 4.18 Å². The predicted molar refractivity (Wildman–Crippen MR) is 173 cm³/mol. The average molecular weight is 615 g/mol. The van der Waals surface area contributed by atoms with Gasteiger partial charge in [0.05, 0.1) is 6.10 Å². The second-order valence-corrected chi connectivity index (χ2v) is 15.9. The molecule has 1 aromatic rings. The number of aromatic hydroxyl groups is 1. The van der Waals surface area contributed by atoms with E-state index in [1.165, 1.54) is 34.9 Å². The molecule has 4 rings (SSSR count). The molecule has 6 nitrogen and oxygen atoms in total. The zero-order valence-corrected chi connectivity index (χ0v) is 28.0. The highest BCUT2D eigenvalue weighted by molar-refractivity contribution is 7.81. The summed E-state index contributed by atoms with van der Waals surface area (Å²) in [5.41, 5.74) is 5.99. The smallest absolute Gasteiger partial charge is 0.446 e. The number of benzene rings is 1. The molecule has 3 N–H and O–H groups in total. The highest BCUT2D eigenvalue weighted by Gasteiger charge is 2.48. The first-order valence-electron chi connectivity index (χ1n) is 16.2. The van der Waals surface area contributed by atoms with Crippen LogP contribution in [0.25, 0.3) is 0 Å². The molecule has 0 heterocycles. The van der Waals surface area contributed by atoms with Crippen LogP contribution in [-0.4, -0.2) is 29.3 Å². The molecule has 0 saturated heterocycles. The molecule has 1 fully saturated rings. The third-order valence-corrected chi connectivity index (χ3v) is 12.1. The Morgan fingerprint density at radius 1 is 1.09 bits per heavy atom. The van der Waals surface area contributed by atoms with Crippen molar-refractivity contribution in [1.29, 1.82) is 0 Å². The summed E-state index contributed by atoms with van der Waals surface area (Å²) in [5.74, 6) is 0.767. The number of phenolic OH excluding ortho intramolecular Hbond substituents is 1. The van der Waals surface area contributed by atoms with Crippen LogP contribution in [0.15, 0.2) is 53.1 Å². The second-order valence-electron chi connectivity index (χ2n) is 14.8. The second kappa shape index (κ2) is 12.7. The Bertz CT molecular complexity index is 1370. The first-order chi connectivity index (χ1) is 20.0. The van der Waals surface area contributed by atoms with E-state index >= 15 is 0 Å². The van der Waals surface area contributed by atoms with Crippen molar-refractivity contribution in [3.05, 3.63) is 58.7 Å². The minimum absolute atomic E-state index is 0.00687. The number of aliphatic hydroxyl groups is 1. The Kier molecular flexibility index (Phi) is 10.0. The molecular weight excluding hydrogens is 560 g/mol. The van der Waals surface area contributed by atoms with Gasteiger partial charge in [-0.1, -0.05) is 62.6 Å². The normalized spacial score (nSPS) is 33.2. The van der Waals surface area contributed by atoms with Crippen LogP contribution >= 0.6 is 0 Å². The molecule has 0 aliphatic heterocycles. The van der Waals surface area contributed by atoms with E-state index in [1.54, 1.807) is 5.57 Å². The van der Waals surface area contributed by atoms with Gasteiger partial charge in [-0.2, -0.15) is 8.42 Å². The van der Waals surface area contributed by atoms with Gasteiger partial charge in [0.1, 0.15) is 11.5 Å². The molecule has 6 atom stereocenters. The largest absolute Gasteiger partial charge is 0.508 e. The van der Waals surface area contributed by atoms with Gasteiger partial charge in [-0.25, -0.2) is 0 Å². The molecule has 0 aromatic heterocycles. The Balaban J connectivity index is 1.62. The van der Waals surface area contributed by atoms with E-state index in [2.05, 4.69) is 54.2 Å². The summed E-state index contributed by atoms with van der Waals surface area (Å²) in [4.78, 5) is 0. The lowest BCUT2D eigenvalue weighted by atomic mass is 9.53. The lowest BCUT2D eigenvalue weighted by molar-refractivity contribution is -0.0306. The van der Waals surface area contributed by atoms with E-state index in [4.69, 9.17) is 4.18 Å². The minimum atomic E-state index is -4.66. The number of phenols is 1. The van der Waals surface area contributed by atoms with Crippen molar-refractivity contribution in [1.82, 2.24) is 0 Å². The molecule has 0 spiro atoms. The summed E-state index contributed by atoms with van der Waals surface area (Å²) < 4.78 is 36.6. The fourth-order valence-electron chi connectivity index (χ4n) is 8.74. The molecule has 3 aliphatic rings. The molecule has 3 aliphatic carbocycles. The van der Waals surface area contributed by atoms with Crippen LogP contribution in [0.1, 0.15) is 118 Å². The number of hydrogen-bond donors (Lipinski definition) is 3. The fourth-order valence-corrected chi connectivity index (χ4v) is 9.09. The average Bonchev–Trinajstić information content (AvgIpc) is 2.90. The van der Waals surface area contributed by atoms with Crippen LogP contribution in [0.4, 0.5) is 0 Å². The third-order valence-electron chi connectivity index (χ3n) is 11.7. The first-order valence-corrected chi connectivity index (χ1v) is 17.6. The van der Waals surface area contributed by atoms with E-state index in [0.717, 1.165) is 70.6 Å². The Morgan fingerprint density at radius 3 is 2.49 bits per heavy atom. The fraction of sp³-hybridized carbons (Fsp3) is 0.667. The maximum absolute atomic E-state index is 11.3. The number of hydrogen-bond acceptors (Lipinski definition) is 5. The summed E-state index contributed by atoms with van der Waals surface area (Å²) in [6.07, 6.45) is 13.7. The topological polar surface area (TPSA) is 104 Å². The molecule has 0 radical (unpaired) electrons. The summed E-state index contributed by atoms with van der Waals surface area (Å²) >= 11 is 0. The van der Waals surface area contributed by atoms with Crippen LogP contribution in [-0.2, 0) is 16.8 Å². The van der Waals surface area contributed by atoms with Gasteiger partial charge in [-0.05, 0) is 137 Å². The minimum Gasteiger partial charge on any atom is -0.508 e. The summed E-state index contributed by atoms with van der Waals surface area (Å²) in [6.45, 7) is 18.1. The van der Waals surface area contributed by atoms with Gasteiger partial charge in [0.15, 0.2) is 0 Å². The maximum atomic E-state index is 11.3. The van der Waals surface area contributed by atoms with E-state index in [-0.39, 0.29) is 33.8 Å². The molecule has 240 valence electrons. The van der Waals surface area contributed by atoms with Crippen molar-refractivity contribution < 1.29 is 27.4 Å². The zero-order chi connectivity index (χ0) is 31.8. The van der Waals surface area contributed by atoms with Gasteiger partial charge in [0.25, 0.3) is 0 Å². The van der Waals surface area contributed by atoms with Crippen molar-refractivity contribution in [3.63, 3.8) is 0 Å². The molecule has 0 bridgehead atoms. The Morgan fingerprint density at radius 2 is 1.81 bits per heavy atom. The molecule has 1 saturated carbocycles. The number of aliphatic hydroxyl groups excluding tert-OH is 1. The van der Waals surface area contributed by atoms with Crippen LogP contribution in [0.5, 0.6) is 11.5 Å². The van der Waals surface area contributed by atoms with Crippen molar-refractivity contribution in [2.24, 2.45) is 28.1 Å². The SMILES string of the molecule is C=C1CC[C@H](O)[C@@](C)(CCC=C(C)C)[C@@H]1CC[C@@]1(C)CCCC2=C1CC[C@H](C)[C@@]2(C)Cc1cc(OS(=O)(=O)O)ccc1O. The highest BCUT2D eigenvalue weighted by Crippen LogP contribution is 2.59. The molecule has 1 aromatic carbocycles. The maximum Gasteiger partial charge on any atom is 0.446 e. The van der Waals surface area contributed by atoms with Gasteiger partial charge in [0.2, 0.25) is 0 Å². The predicted octanol–water partition coefficient (Wildman–Crippen LogP) is 8.90. The Hall–Kier alpha value is -2.09. The quantitative estimate of drug-likeness (QED) is 0.180. The standard InChI is InChI=1S/C36H54O6S/c1-24(2)10-8-20-35(6)29(25(3)12-17-33(35)38)18-21-34(5)19-9-11-31-30(34)15-13-26(4)36(31,7)23-27-22-28(14-16-32(27)37)42-43(39,40)41/h10,14,16,22,26,29,33,37-38H,3,8-9,11-13,15,17-21,23H2,1-2,4-7H3,(H,39,40,41)/t26-,29+,33-,34+,35-,36+/m0/s1. The third kappa shape index (κ3) is 7.26. The van der Waals surface area contributed by atoms with Crippen molar-refractivity contribution in [2.45, 2.75) is 125 Å². The lowest BCUT2D eigenvalue weighted by Gasteiger charge is -2.52. The Labute approximate surface area is 260 Å². The van der Waals surface area contributed by atoms with Crippen molar-refractivity contribution in [2.75, 3.05) is 0 Å².